The molecule has 1 aliphatic heterocycles. The van der Waals surface area contributed by atoms with Gasteiger partial charge in [0.1, 0.15) is 11.6 Å². The second-order valence-corrected chi connectivity index (χ2v) is 8.16. The molecule has 7 heteroatoms. The van der Waals surface area contributed by atoms with Crippen LogP contribution in [0.15, 0.2) is 78.9 Å². The lowest BCUT2D eigenvalue weighted by Crippen LogP contribution is -2.43. The Balaban J connectivity index is 1.23. The smallest absolute Gasteiger partial charge is 0.260 e. The average Bonchev–Trinajstić information content (AvgIpc) is 2.88. The monoisotopic (exact) mass is 460 g/mol. The molecule has 6 nitrogen and oxygen atoms in total. The predicted octanol–water partition coefficient (Wildman–Crippen LogP) is 4.31. The molecule has 1 fully saturated rings. The lowest BCUT2D eigenvalue weighted by Gasteiger charge is -2.31. The molecule has 4 rings (SSSR count). The number of ether oxygens (including phenoxy) is 1. The Bertz CT molecular complexity index is 1140. The van der Waals surface area contributed by atoms with Gasteiger partial charge in [0.15, 0.2) is 12.4 Å². The lowest BCUT2D eigenvalue weighted by atomic mass is 9.95. The molecule has 174 valence electrons. The van der Waals surface area contributed by atoms with Crippen molar-refractivity contribution in [1.29, 1.82) is 0 Å². The summed E-state index contributed by atoms with van der Waals surface area (Å²) in [6.07, 6.45) is 1.20. The molecule has 0 unspecified atom stereocenters. The highest BCUT2D eigenvalue weighted by atomic mass is 19.1. The highest BCUT2D eigenvalue weighted by Gasteiger charge is 2.27. The number of halogens is 1. The van der Waals surface area contributed by atoms with E-state index in [1.807, 2.05) is 30.3 Å². The minimum atomic E-state index is -0.398. The molecule has 0 bridgehead atoms. The van der Waals surface area contributed by atoms with Crippen molar-refractivity contribution >= 4 is 23.3 Å². The maximum absolute atomic E-state index is 13.0. The number of piperidine rings is 1. The van der Waals surface area contributed by atoms with Gasteiger partial charge in [0, 0.05) is 35.8 Å². The number of carbonyl (C=O) groups is 3. The highest BCUT2D eigenvalue weighted by molar-refractivity contribution is 6.09. The van der Waals surface area contributed by atoms with Gasteiger partial charge < -0.3 is 15.0 Å². The Hall–Kier alpha value is -4.00. The van der Waals surface area contributed by atoms with Crippen LogP contribution in [0.4, 0.5) is 10.1 Å². The van der Waals surface area contributed by atoms with Crippen LogP contribution < -0.4 is 10.1 Å². The van der Waals surface area contributed by atoms with Crippen LogP contribution in [0, 0.1) is 11.7 Å². The lowest BCUT2D eigenvalue weighted by molar-refractivity contribution is -0.136. The van der Waals surface area contributed by atoms with Crippen LogP contribution in [0.2, 0.25) is 0 Å². The van der Waals surface area contributed by atoms with Gasteiger partial charge >= 0.3 is 0 Å². The van der Waals surface area contributed by atoms with Crippen molar-refractivity contribution in [2.75, 3.05) is 25.0 Å². The van der Waals surface area contributed by atoms with Gasteiger partial charge in [-0.1, -0.05) is 18.2 Å². The molecule has 0 saturated carbocycles. The Morgan fingerprint density at radius 2 is 1.44 bits per heavy atom. The van der Waals surface area contributed by atoms with Crippen molar-refractivity contribution < 1.29 is 23.5 Å². The Kier molecular flexibility index (Phi) is 7.32. The second kappa shape index (κ2) is 10.7. The highest BCUT2D eigenvalue weighted by Crippen LogP contribution is 2.20. The molecular formula is C27H25FN2O4. The maximum Gasteiger partial charge on any atom is 0.260 e. The summed E-state index contributed by atoms with van der Waals surface area (Å²) in [4.78, 5) is 39.2. The Morgan fingerprint density at radius 3 is 2.06 bits per heavy atom. The number of likely N-dealkylation sites (tertiary alicyclic amines) is 1. The first-order chi connectivity index (χ1) is 16.5. The summed E-state index contributed by atoms with van der Waals surface area (Å²) in [5, 5.41) is 2.92. The van der Waals surface area contributed by atoms with Crippen LogP contribution in [0.1, 0.15) is 28.8 Å². The SMILES string of the molecule is O=C(c1ccc(F)cc1)c1ccc(OCC(=O)N2CCC(C(=O)Nc3ccccc3)CC2)cc1. The number of amides is 2. The molecule has 0 aromatic heterocycles. The van der Waals surface area contributed by atoms with Gasteiger partial charge in [-0.05, 0) is 73.5 Å². The molecule has 0 spiro atoms. The fourth-order valence-electron chi connectivity index (χ4n) is 3.86. The van der Waals surface area contributed by atoms with E-state index in [-0.39, 0.29) is 30.1 Å². The van der Waals surface area contributed by atoms with E-state index >= 15 is 0 Å². The first-order valence-electron chi connectivity index (χ1n) is 11.2. The Labute approximate surface area is 197 Å². The van der Waals surface area contributed by atoms with Gasteiger partial charge in [-0.15, -0.1) is 0 Å². The van der Waals surface area contributed by atoms with Gasteiger partial charge in [0.25, 0.3) is 5.91 Å². The number of rotatable bonds is 7. The average molecular weight is 461 g/mol. The van der Waals surface area contributed by atoms with Crippen molar-refractivity contribution in [2.24, 2.45) is 5.92 Å². The summed E-state index contributed by atoms with van der Waals surface area (Å²) in [5.74, 6) is -0.442. The van der Waals surface area contributed by atoms with Crippen molar-refractivity contribution in [1.82, 2.24) is 4.90 Å². The summed E-state index contributed by atoms with van der Waals surface area (Å²) >= 11 is 0. The number of hydrogen-bond acceptors (Lipinski definition) is 4. The number of benzene rings is 3. The summed E-state index contributed by atoms with van der Waals surface area (Å²) in [5.41, 5.74) is 1.61. The summed E-state index contributed by atoms with van der Waals surface area (Å²) < 4.78 is 18.6. The van der Waals surface area contributed by atoms with E-state index in [2.05, 4.69) is 5.32 Å². The van der Waals surface area contributed by atoms with Crippen LogP contribution >= 0.6 is 0 Å². The third-order valence-corrected chi connectivity index (χ3v) is 5.85. The summed E-state index contributed by atoms with van der Waals surface area (Å²) in [6, 6.07) is 21.2. The third kappa shape index (κ3) is 5.86. The molecule has 34 heavy (non-hydrogen) atoms. The van der Waals surface area contributed by atoms with E-state index in [9.17, 15) is 18.8 Å². The molecule has 1 N–H and O–H groups in total. The summed E-state index contributed by atoms with van der Waals surface area (Å²) in [7, 11) is 0. The minimum Gasteiger partial charge on any atom is -0.484 e. The maximum atomic E-state index is 13.0. The zero-order valence-electron chi connectivity index (χ0n) is 18.6. The van der Waals surface area contributed by atoms with E-state index < -0.39 is 5.82 Å². The van der Waals surface area contributed by atoms with Crippen LogP contribution in [0.25, 0.3) is 0 Å². The van der Waals surface area contributed by atoms with Crippen molar-refractivity contribution in [3.63, 3.8) is 0 Å². The number of nitrogens with one attached hydrogen (secondary N) is 1. The molecule has 1 heterocycles. The van der Waals surface area contributed by atoms with Crippen LogP contribution in [-0.2, 0) is 9.59 Å². The number of anilines is 1. The van der Waals surface area contributed by atoms with Crippen molar-refractivity contribution in [3.8, 4) is 5.75 Å². The number of carbonyl (C=O) groups excluding carboxylic acids is 3. The van der Waals surface area contributed by atoms with Gasteiger partial charge in [0.05, 0.1) is 0 Å². The summed E-state index contributed by atoms with van der Waals surface area (Å²) in [6.45, 7) is 0.881. The van der Waals surface area contributed by atoms with Gasteiger partial charge in [-0.2, -0.15) is 0 Å². The van der Waals surface area contributed by atoms with E-state index in [4.69, 9.17) is 4.74 Å². The van der Waals surface area contributed by atoms with Crippen LogP contribution in [-0.4, -0.2) is 42.2 Å². The van der Waals surface area contributed by atoms with E-state index in [0.717, 1.165) is 5.69 Å². The van der Waals surface area contributed by atoms with Crippen molar-refractivity contribution in [3.05, 3.63) is 95.8 Å². The molecule has 2 amide bonds. The number of ketones is 1. The fraction of sp³-hybridized carbons (Fsp3) is 0.222. The van der Waals surface area contributed by atoms with Gasteiger partial charge in [-0.3, -0.25) is 14.4 Å². The number of hydrogen-bond donors (Lipinski definition) is 1. The molecule has 1 saturated heterocycles. The number of para-hydroxylation sites is 1. The minimum absolute atomic E-state index is 0.0233. The van der Waals surface area contributed by atoms with Crippen LogP contribution in [0.3, 0.4) is 0 Å². The molecule has 0 radical (unpaired) electrons. The zero-order chi connectivity index (χ0) is 23.9. The van der Waals surface area contributed by atoms with E-state index in [1.165, 1.54) is 24.3 Å². The quantitative estimate of drug-likeness (QED) is 0.533. The predicted molar refractivity (Wildman–Crippen MR) is 126 cm³/mol. The molecular weight excluding hydrogens is 435 g/mol. The molecule has 1 aliphatic rings. The normalized spacial score (nSPS) is 13.9. The largest absolute Gasteiger partial charge is 0.484 e. The van der Waals surface area contributed by atoms with E-state index in [0.29, 0.717) is 42.8 Å². The van der Waals surface area contributed by atoms with Gasteiger partial charge in [0.2, 0.25) is 5.91 Å². The second-order valence-electron chi connectivity index (χ2n) is 8.16. The fourth-order valence-corrected chi connectivity index (χ4v) is 3.86. The number of nitrogens with zero attached hydrogens (tertiary/aromatic N) is 1. The Morgan fingerprint density at radius 1 is 0.853 bits per heavy atom. The molecule has 3 aromatic rings. The standard InChI is InChI=1S/C27H25FN2O4/c28-22-10-6-19(7-11-22)26(32)20-8-12-24(13-9-20)34-18-25(31)30-16-14-21(15-17-30)27(33)29-23-4-2-1-3-5-23/h1-13,21H,14-18H2,(H,29,33). The van der Waals surface area contributed by atoms with E-state index in [1.54, 1.807) is 29.2 Å². The third-order valence-electron chi connectivity index (χ3n) is 5.85. The van der Waals surface area contributed by atoms with Gasteiger partial charge in [-0.25, -0.2) is 4.39 Å². The van der Waals surface area contributed by atoms with Crippen molar-refractivity contribution in [2.45, 2.75) is 12.8 Å². The zero-order valence-corrected chi connectivity index (χ0v) is 18.6. The molecule has 0 atom stereocenters. The first-order valence-corrected chi connectivity index (χ1v) is 11.2. The molecule has 0 aliphatic carbocycles. The molecule has 3 aromatic carbocycles. The first kappa shape index (κ1) is 23.2. The topological polar surface area (TPSA) is 75.7 Å². The van der Waals surface area contributed by atoms with Crippen LogP contribution in [0.5, 0.6) is 5.75 Å².